The summed E-state index contributed by atoms with van der Waals surface area (Å²) < 4.78 is 38.3. The zero-order chi connectivity index (χ0) is 20.0. The van der Waals surface area contributed by atoms with E-state index in [2.05, 4.69) is 5.32 Å². The molecule has 0 aromatic heterocycles. The van der Waals surface area contributed by atoms with Gasteiger partial charge in [0.1, 0.15) is 5.82 Å². The van der Waals surface area contributed by atoms with Crippen molar-refractivity contribution in [2.24, 2.45) is 0 Å². The molecule has 0 atom stereocenters. The van der Waals surface area contributed by atoms with Crippen LogP contribution in [-0.2, 0) is 21.4 Å². The lowest BCUT2D eigenvalue weighted by Crippen LogP contribution is -2.32. The van der Waals surface area contributed by atoms with Gasteiger partial charge in [-0.05, 0) is 35.2 Å². The highest BCUT2D eigenvalue weighted by atomic mass is 32.2. The van der Waals surface area contributed by atoms with E-state index in [1.54, 1.807) is 0 Å². The number of hydrogen-bond acceptors (Lipinski definition) is 3. The summed E-state index contributed by atoms with van der Waals surface area (Å²) in [5.41, 5.74) is 2.42. The fourth-order valence-corrected chi connectivity index (χ4v) is 3.52. The third-order valence-corrected chi connectivity index (χ3v) is 5.44. The number of amides is 1. The first-order chi connectivity index (χ1) is 12.7. The number of anilines is 1. The van der Waals surface area contributed by atoms with Gasteiger partial charge in [-0.15, -0.1) is 0 Å². The zero-order valence-corrected chi connectivity index (χ0v) is 16.6. The lowest BCUT2D eigenvalue weighted by molar-refractivity contribution is -0.116. The summed E-state index contributed by atoms with van der Waals surface area (Å²) in [7, 11) is -3.50. The van der Waals surface area contributed by atoms with E-state index in [4.69, 9.17) is 0 Å². The SMILES string of the molecule is CC(C)c1ccccc1NC(=O)CCN(Cc1ccc(F)cc1)S(C)(=O)=O. The molecule has 0 fully saturated rings. The highest BCUT2D eigenvalue weighted by molar-refractivity contribution is 7.88. The number of nitrogens with one attached hydrogen (secondary N) is 1. The molecule has 0 heterocycles. The van der Waals surface area contributed by atoms with Crippen molar-refractivity contribution in [3.63, 3.8) is 0 Å². The summed E-state index contributed by atoms with van der Waals surface area (Å²) in [6, 6.07) is 13.2. The van der Waals surface area contributed by atoms with Gasteiger partial charge in [0, 0.05) is 25.2 Å². The van der Waals surface area contributed by atoms with Crippen molar-refractivity contribution < 1.29 is 17.6 Å². The first-order valence-corrected chi connectivity index (χ1v) is 10.6. The Morgan fingerprint density at radius 3 is 2.33 bits per heavy atom. The Labute approximate surface area is 160 Å². The van der Waals surface area contributed by atoms with Crippen LogP contribution >= 0.6 is 0 Å². The lowest BCUT2D eigenvalue weighted by atomic mass is 10.0. The molecule has 1 N–H and O–H groups in total. The normalized spacial score (nSPS) is 11.8. The number of halogens is 1. The minimum atomic E-state index is -3.50. The van der Waals surface area contributed by atoms with Gasteiger partial charge in [-0.3, -0.25) is 4.79 Å². The van der Waals surface area contributed by atoms with Crippen LogP contribution in [0, 0.1) is 5.82 Å². The predicted molar refractivity (Wildman–Crippen MR) is 105 cm³/mol. The molecule has 0 aliphatic heterocycles. The second-order valence-electron chi connectivity index (χ2n) is 6.76. The zero-order valence-electron chi connectivity index (χ0n) is 15.8. The van der Waals surface area contributed by atoms with E-state index in [-0.39, 0.29) is 37.2 Å². The van der Waals surface area contributed by atoms with Crippen molar-refractivity contribution in [1.82, 2.24) is 4.31 Å². The van der Waals surface area contributed by atoms with Crippen LogP contribution in [0.3, 0.4) is 0 Å². The third-order valence-electron chi connectivity index (χ3n) is 4.19. The molecule has 2 rings (SSSR count). The van der Waals surface area contributed by atoms with E-state index in [1.807, 2.05) is 38.1 Å². The molecule has 146 valence electrons. The van der Waals surface area contributed by atoms with E-state index in [1.165, 1.54) is 28.6 Å². The maximum atomic E-state index is 13.0. The van der Waals surface area contributed by atoms with Crippen LogP contribution in [0.4, 0.5) is 10.1 Å². The number of rotatable bonds is 8. The Kier molecular flexibility index (Phi) is 7.10. The van der Waals surface area contributed by atoms with Gasteiger partial charge >= 0.3 is 0 Å². The average molecular weight is 392 g/mol. The fraction of sp³-hybridized carbons (Fsp3) is 0.350. The van der Waals surface area contributed by atoms with Crippen molar-refractivity contribution >= 4 is 21.6 Å². The largest absolute Gasteiger partial charge is 0.326 e. The Balaban J connectivity index is 2.02. The van der Waals surface area contributed by atoms with E-state index in [0.29, 0.717) is 5.56 Å². The second-order valence-corrected chi connectivity index (χ2v) is 8.75. The minimum absolute atomic E-state index is 0.0285. The number of carbonyl (C=O) groups excluding carboxylic acids is 1. The van der Waals surface area contributed by atoms with Crippen LogP contribution in [0.2, 0.25) is 0 Å². The van der Waals surface area contributed by atoms with Crippen LogP contribution in [-0.4, -0.2) is 31.4 Å². The topological polar surface area (TPSA) is 66.5 Å². The summed E-state index contributed by atoms with van der Waals surface area (Å²) in [4.78, 5) is 12.3. The molecule has 0 spiro atoms. The van der Waals surface area contributed by atoms with E-state index >= 15 is 0 Å². The van der Waals surface area contributed by atoms with Gasteiger partial charge < -0.3 is 5.32 Å². The van der Waals surface area contributed by atoms with Gasteiger partial charge in [0.15, 0.2) is 0 Å². The van der Waals surface area contributed by atoms with Crippen LogP contribution in [0.25, 0.3) is 0 Å². The highest BCUT2D eigenvalue weighted by Gasteiger charge is 2.19. The summed E-state index contributed by atoms with van der Waals surface area (Å²) in [5.74, 6) is -0.379. The van der Waals surface area contributed by atoms with Crippen LogP contribution < -0.4 is 5.32 Å². The Morgan fingerprint density at radius 2 is 1.74 bits per heavy atom. The molecule has 0 bridgehead atoms. The number of nitrogens with zero attached hydrogens (tertiary/aromatic N) is 1. The smallest absolute Gasteiger partial charge is 0.225 e. The Bertz CT molecular complexity index is 880. The number of hydrogen-bond donors (Lipinski definition) is 1. The predicted octanol–water partition coefficient (Wildman–Crippen LogP) is 3.74. The summed E-state index contributed by atoms with van der Waals surface area (Å²) >= 11 is 0. The number of carbonyl (C=O) groups is 1. The van der Waals surface area contributed by atoms with Crippen molar-refractivity contribution in [3.8, 4) is 0 Å². The van der Waals surface area contributed by atoms with Crippen LogP contribution in [0.1, 0.15) is 37.3 Å². The van der Waals surface area contributed by atoms with Crippen molar-refractivity contribution in [3.05, 3.63) is 65.5 Å². The maximum absolute atomic E-state index is 13.0. The summed E-state index contributed by atoms with van der Waals surface area (Å²) in [5, 5.41) is 2.86. The molecule has 0 aliphatic rings. The third kappa shape index (κ3) is 6.45. The summed E-state index contributed by atoms with van der Waals surface area (Å²) in [6.07, 6.45) is 1.13. The standard InChI is InChI=1S/C20H25FN2O3S/c1-15(2)18-6-4-5-7-19(18)22-20(24)12-13-23(27(3,25)26)14-16-8-10-17(21)11-9-16/h4-11,15H,12-14H2,1-3H3,(H,22,24). The van der Waals surface area contributed by atoms with Gasteiger partial charge in [0.05, 0.1) is 6.26 Å². The monoisotopic (exact) mass is 392 g/mol. The molecular formula is C20H25FN2O3S. The number of benzene rings is 2. The Morgan fingerprint density at radius 1 is 1.11 bits per heavy atom. The van der Waals surface area contributed by atoms with E-state index < -0.39 is 10.0 Å². The highest BCUT2D eigenvalue weighted by Crippen LogP contribution is 2.23. The van der Waals surface area contributed by atoms with Crippen molar-refractivity contribution in [2.75, 3.05) is 18.1 Å². The molecule has 27 heavy (non-hydrogen) atoms. The first-order valence-electron chi connectivity index (χ1n) is 8.75. The lowest BCUT2D eigenvalue weighted by Gasteiger charge is -2.20. The molecule has 0 radical (unpaired) electrons. The fourth-order valence-electron chi connectivity index (χ4n) is 2.71. The second kappa shape index (κ2) is 9.10. The van der Waals surface area contributed by atoms with Gasteiger partial charge in [0.25, 0.3) is 0 Å². The molecule has 1 amide bonds. The van der Waals surface area contributed by atoms with Gasteiger partial charge in [0.2, 0.25) is 15.9 Å². The first kappa shape index (κ1) is 21.1. The molecule has 2 aromatic carbocycles. The molecule has 0 aliphatic carbocycles. The van der Waals surface area contributed by atoms with E-state index in [0.717, 1.165) is 17.5 Å². The van der Waals surface area contributed by atoms with E-state index in [9.17, 15) is 17.6 Å². The molecule has 0 unspecified atom stereocenters. The van der Waals surface area contributed by atoms with Gasteiger partial charge in [-0.25, -0.2) is 12.8 Å². The molecule has 0 saturated heterocycles. The molecule has 7 heteroatoms. The van der Waals surface area contributed by atoms with Crippen LogP contribution in [0.5, 0.6) is 0 Å². The molecule has 5 nitrogen and oxygen atoms in total. The Hall–Kier alpha value is -2.25. The number of para-hydroxylation sites is 1. The molecular weight excluding hydrogens is 367 g/mol. The quantitative estimate of drug-likeness (QED) is 0.744. The number of sulfonamides is 1. The average Bonchev–Trinajstić information content (AvgIpc) is 2.59. The van der Waals surface area contributed by atoms with Crippen molar-refractivity contribution in [2.45, 2.75) is 32.7 Å². The minimum Gasteiger partial charge on any atom is -0.326 e. The van der Waals surface area contributed by atoms with Gasteiger partial charge in [-0.1, -0.05) is 44.2 Å². The molecule has 2 aromatic rings. The van der Waals surface area contributed by atoms with Crippen molar-refractivity contribution in [1.29, 1.82) is 0 Å². The molecule has 0 saturated carbocycles. The summed E-state index contributed by atoms with van der Waals surface area (Å²) in [6.45, 7) is 4.22. The maximum Gasteiger partial charge on any atom is 0.225 e. The van der Waals surface area contributed by atoms with Crippen LogP contribution in [0.15, 0.2) is 48.5 Å². The van der Waals surface area contributed by atoms with Gasteiger partial charge in [-0.2, -0.15) is 4.31 Å².